The van der Waals surface area contributed by atoms with Crippen molar-refractivity contribution >= 4 is 63.8 Å². The minimum Gasteiger partial charge on any atom is -0.228 e. The van der Waals surface area contributed by atoms with E-state index in [1.165, 1.54) is 91.6 Å². The lowest BCUT2D eigenvalue weighted by Crippen LogP contribution is -2.15. The van der Waals surface area contributed by atoms with Crippen LogP contribution in [0, 0.1) is 0 Å². The Kier molecular flexibility index (Phi) is 8.16. The Balaban J connectivity index is 0.964. The quantitative estimate of drug-likeness (QED) is 0.173. The van der Waals surface area contributed by atoms with Crippen LogP contribution in [0.25, 0.3) is 120 Å². The number of hydrogen-bond donors (Lipinski definition) is 0. The van der Waals surface area contributed by atoms with Crippen LogP contribution < -0.4 is 0 Å². The second kappa shape index (κ2) is 14.2. The first-order valence-electron chi connectivity index (χ1n) is 22.1. The van der Waals surface area contributed by atoms with E-state index in [4.69, 9.17) is 9.97 Å². The molecule has 64 heavy (non-hydrogen) atoms. The number of thiophene rings is 1. The Morgan fingerprint density at radius 1 is 0.359 bits per heavy atom. The van der Waals surface area contributed by atoms with Crippen molar-refractivity contribution in [3.05, 3.63) is 217 Å². The van der Waals surface area contributed by atoms with Crippen molar-refractivity contribution in [2.45, 2.75) is 19.3 Å². The average Bonchev–Trinajstić information content (AvgIpc) is 3.85. The van der Waals surface area contributed by atoms with Crippen LogP contribution in [0.3, 0.4) is 0 Å². The summed E-state index contributed by atoms with van der Waals surface area (Å²) in [5, 5.41) is 9.96. The van der Waals surface area contributed by atoms with E-state index in [0.717, 1.165) is 33.5 Å². The lowest BCUT2D eigenvalue weighted by molar-refractivity contribution is 0.666. The molecular formula is C61H40N2S. The smallest absolute Gasteiger partial charge is 0.160 e. The summed E-state index contributed by atoms with van der Waals surface area (Å²) in [6, 6.07) is 75.4. The third kappa shape index (κ3) is 5.57. The Labute approximate surface area is 375 Å². The molecule has 0 bridgehead atoms. The van der Waals surface area contributed by atoms with Gasteiger partial charge in [-0.1, -0.05) is 196 Å². The first kappa shape index (κ1) is 36.9. The topological polar surface area (TPSA) is 25.8 Å². The van der Waals surface area contributed by atoms with Crippen molar-refractivity contribution in [1.29, 1.82) is 0 Å². The maximum absolute atomic E-state index is 5.33. The molecule has 12 aromatic rings. The molecule has 0 saturated carbocycles. The fourth-order valence-electron chi connectivity index (χ4n) is 10.8. The van der Waals surface area contributed by atoms with Gasteiger partial charge in [0.25, 0.3) is 0 Å². The SMILES string of the molecule is CC1(C)c2ccc(-c3ccc(-c4ccc(-c5cc(-c6cccc7sc8ccccc8c67)nc(-c6ccccc6)n5)c5ccccc45)c4ccccc34)cc2-c2ccc3ccccc3c21. The van der Waals surface area contributed by atoms with Crippen molar-refractivity contribution in [2.75, 3.05) is 0 Å². The van der Waals surface area contributed by atoms with Gasteiger partial charge in [-0.3, -0.25) is 0 Å². The summed E-state index contributed by atoms with van der Waals surface area (Å²) in [4.78, 5) is 10.6. The Bertz CT molecular complexity index is 3880. The van der Waals surface area contributed by atoms with Gasteiger partial charge in [0.05, 0.1) is 11.4 Å². The van der Waals surface area contributed by atoms with E-state index < -0.39 is 0 Å². The molecule has 10 aromatic carbocycles. The molecule has 1 aliphatic rings. The average molecular weight is 833 g/mol. The summed E-state index contributed by atoms with van der Waals surface area (Å²) in [5.41, 5.74) is 15.3. The van der Waals surface area contributed by atoms with E-state index in [1.807, 2.05) is 17.4 Å². The molecule has 0 fully saturated rings. The van der Waals surface area contributed by atoms with Crippen LogP contribution in [0.15, 0.2) is 206 Å². The molecular weight excluding hydrogens is 793 g/mol. The summed E-state index contributed by atoms with van der Waals surface area (Å²) in [6.07, 6.45) is 0. The highest BCUT2D eigenvalue weighted by atomic mass is 32.1. The number of hydrogen-bond acceptors (Lipinski definition) is 3. The zero-order valence-corrected chi connectivity index (χ0v) is 36.2. The number of nitrogens with zero attached hydrogens (tertiary/aromatic N) is 2. The van der Waals surface area contributed by atoms with Gasteiger partial charge in [-0.2, -0.15) is 0 Å². The second-order valence-corrected chi connectivity index (χ2v) is 18.7. The van der Waals surface area contributed by atoms with E-state index in [9.17, 15) is 0 Å². The lowest BCUT2D eigenvalue weighted by atomic mass is 9.80. The third-order valence-electron chi connectivity index (χ3n) is 13.7. The summed E-state index contributed by atoms with van der Waals surface area (Å²) in [5.74, 6) is 0.714. The van der Waals surface area contributed by atoms with E-state index in [0.29, 0.717) is 5.82 Å². The first-order chi connectivity index (χ1) is 31.5. The van der Waals surface area contributed by atoms with Crippen LogP contribution in [0.1, 0.15) is 25.0 Å². The van der Waals surface area contributed by atoms with Gasteiger partial charge in [-0.15, -0.1) is 11.3 Å². The molecule has 2 nitrogen and oxygen atoms in total. The standard InChI is InChI=1S/C61H40N2S/c1-61(2)53-34-28-39(35-52(53)49-29-27-37-15-6-7-18-41(37)59(49)61)40-30-31-46(43-20-9-8-19-42(40)43)47-32-33-48(45-22-11-10-21-44(45)47)54-36-55(63-60(62-54)38-16-4-3-5-17-38)50-24-14-26-57-58(50)51-23-12-13-25-56(51)64-57/h3-36H,1-2H3. The van der Waals surface area contributed by atoms with Crippen molar-refractivity contribution < 1.29 is 0 Å². The van der Waals surface area contributed by atoms with E-state index >= 15 is 0 Å². The molecule has 0 atom stereocenters. The predicted molar refractivity (Wildman–Crippen MR) is 272 cm³/mol. The minimum absolute atomic E-state index is 0.0907. The van der Waals surface area contributed by atoms with E-state index in [1.54, 1.807) is 0 Å². The normalized spacial score (nSPS) is 13.0. The maximum Gasteiger partial charge on any atom is 0.160 e. The van der Waals surface area contributed by atoms with Gasteiger partial charge in [-0.25, -0.2) is 9.97 Å². The van der Waals surface area contributed by atoms with Gasteiger partial charge in [0.1, 0.15) is 0 Å². The molecule has 3 heteroatoms. The lowest BCUT2D eigenvalue weighted by Gasteiger charge is -2.23. The van der Waals surface area contributed by atoms with Crippen LogP contribution in [0.2, 0.25) is 0 Å². The summed E-state index contributed by atoms with van der Waals surface area (Å²) >= 11 is 1.83. The van der Waals surface area contributed by atoms with Gasteiger partial charge in [-0.05, 0) is 101 Å². The summed E-state index contributed by atoms with van der Waals surface area (Å²) in [6.45, 7) is 4.75. The van der Waals surface area contributed by atoms with Crippen molar-refractivity contribution in [2.24, 2.45) is 0 Å². The Morgan fingerprint density at radius 2 is 0.922 bits per heavy atom. The molecule has 0 N–H and O–H groups in total. The Hall–Kier alpha value is -7.72. The summed E-state index contributed by atoms with van der Waals surface area (Å²) in [7, 11) is 0. The highest BCUT2D eigenvalue weighted by molar-refractivity contribution is 7.25. The molecule has 0 radical (unpaired) electrons. The highest BCUT2D eigenvalue weighted by Crippen LogP contribution is 2.53. The van der Waals surface area contributed by atoms with Crippen molar-refractivity contribution in [3.8, 4) is 67.3 Å². The number of rotatable bonds is 5. The molecule has 2 heterocycles. The predicted octanol–water partition coefficient (Wildman–Crippen LogP) is 16.9. The number of benzene rings is 10. The van der Waals surface area contributed by atoms with Crippen LogP contribution >= 0.6 is 11.3 Å². The molecule has 0 spiro atoms. The zero-order valence-electron chi connectivity index (χ0n) is 35.4. The maximum atomic E-state index is 5.33. The van der Waals surface area contributed by atoms with Crippen LogP contribution in [0.5, 0.6) is 0 Å². The molecule has 0 aliphatic heterocycles. The monoisotopic (exact) mass is 832 g/mol. The Morgan fingerprint density at radius 3 is 1.67 bits per heavy atom. The van der Waals surface area contributed by atoms with Gasteiger partial charge < -0.3 is 0 Å². The molecule has 0 unspecified atom stereocenters. The van der Waals surface area contributed by atoms with E-state index in [-0.39, 0.29) is 5.41 Å². The third-order valence-corrected chi connectivity index (χ3v) is 14.8. The fourth-order valence-corrected chi connectivity index (χ4v) is 11.9. The van der Waals surface area contributed by atoms with Gasteiger partial charge in [0, 0.05) is 42.3 Å². The molecule has 2 aromatic heterocycles. The van der Waals surface area contributed by atoms with Crippen LogP contribution in [-0.4, -0.2) is 9.97 Å². The van der Waals surface area contributed by atoms with Gasteiger partial charge in [0.15, 0.2) is 5.82 Å². The second-order valence-electron chi connectivity index (χ2n) is 17.6. The first-order valence-corrected chi connectivity index (χ1v) is 22.9. The number of fused-ring (bicyclic) bond motifs is 10. The molecule has 0 amide bonds. The largest absolute Gasteiger partial charge is 0.228 e. The minimum atomic E-state index is -0.0907. The van der Waals surface area contributed by atoms with Crippen LogP contribution in [0.4, 0.5) is 0 Å². The molecule has 0 saturated heterocycles. The van der Waals surface area contributed by atoms with E-state index in [2.05, 4.69) is 214 Å². The highest BCUT2D eigenvalue weighted by Gasteiger charge is 2.37. The van der Waals surface area contributed by atoms with Crippen molar-refractivity contribution in [1.82, 2.24) is 9.97 Å². The summed E-state index contributed by atoms with van der Waals surface area (Å²) < 4.78 is 2.54. The molecule has 13 rings (SSSR count). The van der Waals surface area contributed by atoms with Gasteiger partial charge in [0.2, 0.25) is 0 Å². The van der Waals surface area contributed by atoms with Crippen LogP contribution in [-0.2, 0) is 5.41 Å². The number of aromatic nitrogens is 2. The fraction of sp³-hybridized carbons (Fsp3) is 0.0492. The van der Waals surface area contributed by atoms with Crippen molar-refractivity contribution in [3.63, 3.8) is 0 Å². The zero-order chi connectivity index (χ0) is 42.5. The molecule has 300 valence electrons. The molecule has 1 aliphatic carbocycles. The van der Waals surface area contributed by atoms with Gasteiger partial charge >= 0.3 is 0 Å².